The Morgan fingerprint density at radius 1 is 1.35 bits per heavy atom. The summed E-state index contributed by atoms with van der Waals surface area (Å²) in [4.78, 5) is 15.1. The number of aromatic nitrogens is 1. The Morgan fingerprint density at radius 3 is 3.00 bits per heavy atom. The number of methoxy groups -OCH3 is 1. The van der Waals surface area contributed by atoms with Crippen LogP contribution in [0.4, 0.5) is 4.79 Å². The number of fused-ring (bicyclic) bond motifs is 1. The van der Waals surface area contributed by atoms with Crippen molar-refractivity contribution < 1.29 is 9.53 Å². The molecule has 0 saturated heterocycles. The summed E-state index contributed by atoms with van der Waals surface area (Å²) in [6, 6.07) is 11.5. The maximum atomic E-state index is 10.7. The number of nitrogens with zero attached hydrogens (tertiary/aromatic N) is 2. The van der Waals surface area contributed by atoms with E-state index in [0.29, 0.717) is 5.69 Å². The van der Waals surface area contributed by atoms with Crippen LogP contribution in [-0.4, -0.2) is 24.4 Å². The first-order valence-electron chi connectivity index (χ1n) is 5.02. The van der Waals surface area contributed by atoms with Crippen LogP contribution in [0, 0.1) is 0 Å². The molecule has 0 aliphatic carbocycles. The minimum Gasteiger partial charge on any atom is -0.452 e. The molecule has 5 heteroatoms. The summed E-state index contributed by atoms with van der Waals surface area (Å²) < 4.78 is 4.37. The zero-order chi connectivity index (χ0) is 12.1. The number of benzene rings is 1. The van der Waals surface area contributed by atoms with Crippen molar-refractivity contribution in [3.8, 4) is 0 Å². The SMILES string of the molecule is COC(=O)N/N=C/c1ccc2ccccc2n1. The molecule has 0 fully saturated rings. The molecular weight excluding hydrogens is 218 g/mol. The van der Waals surface area contributed by atoms with Crippen LogP contribution < -0.4 is 5.43 Å². The highest BCUT2D eigenvalue weighted by Crippen LogP contribution is 2.10. The number of pyridine rings is 1. The minimum atomic E-state index is -0.609. The molecule has 0 aliphatic heterocycles. The van der Waals surface area contributed by atoms with E-state index in [1.165, 1.54) is 13.3 Å². The molecule has 1 aromatic heterocycles. The Hall–Kier alpha value is -2.43. The lowest BCUT2D eigenvalue weighted by atomic mass is 10.2. The number of hydrogen-bond donors (Lipinski definition) is 1. The largest absolute Gasteiger partial charge is 0.452 e. The van der Waals surface area contributed by atoms with E-state index < -0.39 is 6.09 Å². The molecule has 1 N–H and O–H groups in total. The van der Waals surface area contributed by atoms with E-state index >= 15 is 0 Å². The third kappa shape index (κ3) is 2.78. The molecule has 2 aromatic rings. The summed E-state index contributed by atoms with van der Waals surface area (Å²) in [5.74, 6) is 0. The number of rotatable bonds is 2. The molecule has 0 bridgehead atoms. The number of carbonyl (C=O) groups excluding carboxylic acids is 1. The fourth-order valence-corrected chi connectivity index (χ4v) is 1.35. The summed E-state index contributed by atoms with van der Waals surface area (Å²) in [5, 5.41) is 4.77. The Balaban J connectivity index is 2.16. The fraction of sp³-hybridized carbons (Fsp3) is 0.0833. The van der Waals surface area contributed by atoms with Crippen LogP contribution in [0.3, 0.4) is 0 Å². The van der Waals surface area contributed by atoms with Gasteiger partial charge in [-0.3, -0.25) is 0 Å². The van der Waals surface area contributed by atoms with Crippen LogP contribution in [0.1, 0.15) is 5.69 Å². The summed E-state index contributed by atoms with van der Waals surface area (Å²) >= 11 is 0. The van der Waals surface area contributed by atoms with Crippen molar-refractivity contribution in [1.82, 2.24) is 10.4 Å². The van der Waals surface area contributed by atoms with Gasteiger partial charge in [0, 0.05) is 5.39 Å². The van der Waals surface area contributed by atoms with Crippen molar-refractivity contribution in [2.45, 2.75) is 0 Å². The van der Waals surface area contributed by atoms with Crippen LogP contribution in [0.2, 0.25) is 0 Å². The molecule has 1 heterocycles. The number of amides is 1. The lowest BCUT2D eigenvalue weighted by Crippen LogP contribution is -2.16. The monoisotopic (exact) mass is 229 g/mol. The van der Waals surface area contributed by atoms with Crippen LogP contribution in [0.5, 0.6) is 0 Å². The average molecular weight is 229 g/mol. The van der Waals surface area contributed by atoms with Crippen LogP contribution in [-0.2, 0) is 4.74 Å². The summed E-state index contributed by atoms with van der Waals surface area (Å²) in [7, 11) is 1.28. The van der Waals surface area contributed by atoms with Gasteiger partial charge < -0.3 is 4.74 Å². The third-order valence-corrected chi connectivity index (χ3v) is 2.16. The predicted octanol–water partition coefficient (Wildman–Crippen LogP) is 1.92. The zero-order valence-electron chi connectivity index (χ0n) is 9.25. The lowest BCUT2D eigenvalue weighted by molar-refractivity contribution is 0.171. The Bertz CT molecular complexity index is 566. The van der Waals surface area contributed by atoms with Gasteiger partial charge in [0.15, 0.2) is 0 Å². The second-order valence-electron chi connectivity index (χ2n) is 3.29. The van der Waals surface area contributed by atoms with Crippen LogP contribution in [0.15, 0.2) is 41.5 Å². The molecule has 0 aliphatic rings. The fourth-order valence-electron chi connectivity index (χ4n) is 1.35. The van der Waals surface area contributed by atoms with Gasteiger partial charge in [0.2, 0.25) is 0 Å². The van der Waals surface area contributed by atoms with Gasteiger partial charge in [-0.25, -0.2) is 15.2 Å². The minimum absolute atomic E-state index is 0.609. The van der Waals surface area contributed by atoms with E-state index in [1.54, 1.807) is 0 Å². The lowest BCUT2D eigenvalue weighted by Gasteiger charge is -1.98. The maximum Gasteiger partial charge on any atom is 0.427 e. The molecule has 0 saturated carbocycles. The van der Waals surface area contributed by atoms with Crippen molar-refractivity contribution >= 4 is 23.2 Å². The number of para-hydroxylation sites is 1. The third-order valence-electron chi connectivity index (χ3n) is 2.16. The van der Waals surface area contributed by atoms with Crippen LogP contribution >= 0.6 is 0 Å². The number of carbonyl (C=O) groups is 1. The maximum absolute atomic E-state index is 10.7. The standard InChI is InChI=1S/C12H11N3O2/c1-17-12(16)15-13-8-10-7-6-9-4-2-3-5-11(9)14-10/h2-8H,1H3,(H,15,16)/b13-8+. The highest BCUT2D eigenvalue weighted by molar-refractivity contribution is 5.85. The van der Waals surface area contributed by atoms with E-state index in [-0.39, 0.29) is 0 Å². The normalized spacial score (nSPS) is 10.6. The van der Waals surface area contributed by atoms with Gasteiger partial charge in [-0.05, 0) is 12.1 Å². The summed E-state index contributed by atoms with van der Waals surface area (Å²) in [5.41, 5.74) is 3.75. The smallest absolute Gasteiger partial charge is 0.427 e. The van der Waals surface area contributed by atoms with Crippen molar-refractivity contribution in [3.05, 3.63) is 42.1 Å². The van der Waals surface area contributed by atoms with Gasteiger partial charge in [0.1, 0.15) is 0 Å². The van der Waals surface area contributed by atoms with Gasteiger partial charge in [0.25, 0.3) is 0 Å². The number of nitrogens with one attached hydrogen (secondary N) is 1. The Kier molecular flexibility index (Phi) is 3.30. The number of ether oxygens (including phenoxy) is 1. The molecule has 5 nitrogen and oxygen atoms in total. The van der Waals surface area contributed by atoms with E-state index in [9.17, 15) is 4.79 Å². The van der Waals surface area contributed by atoms with Gasteiger partial charge in [-0.15, -0.1) is 0 Å². The molecule has 0 unspecified atom stereocenters. The topological polar surface area (TPSA) is 63.6 Å². The van der Waals surface area contributed by atoms with E-state index in [4.69, 9.17) is 0 Å². The number of hydrogen-bond acceptors (Lipinski definition) is 4. The molecule has 0 radical (unpaired) electrons. The van der Waals surface area contributed by atoms with Crippen molar-refractivity contribution in [1.29, 1.82) is 0 Å². The quantitative estimate of drug-likeness (QED) is 0.632. The molecule has 86 valence electrons. The van der Waals surface area contributed by atoms with E-state index in [0.717, 1.165) is 10.9 Å². The molecule has 1 aromatic carbocycles. The van der Waals surface area contributed by atoms with Crippen molar-refractivity contribution in [2.24, 2.45) is 5.10 Å². The number of hydrazone groups is 1. The molecular formula is C12H11N3O2. The molecule has 1 amide bonds. The summed E-state index contributed by atoms with van der Waals surface area (Å²) in [6.45, 7) is 0. The Labute approximate surface area is 98.1 Å². The first kappa shape index (κ1) is 11.1. The van der Waals surface area contributed by atoms with Crippen molar-refractivity contribution in [3.63, 3.8) is 0 Å². The van der Waals surface area contributed by atoms with E-state index in [1.807, 2.05) is 36.4 Å². The molecule has 2 rings (SSSR count). The van der Waals surface area contributed by atoms with E-state index in [2.05, 4.69) is 20.2 Å². The van der Waals surface area contributed by atoms with Crippen molar-refractivity contribution in [2.75, 3.05) is 7.11 Å². The molecule has 0 atom stereocenters. The first-order chi connectivity index (χ1) is 8.29. The molecule has 0 spiro atoms. The summed E-state index contributed by atoms with van der Waals surface area (Å²) in [6.07, 6.45) is 0.852. The molecule has 17 heavy (non-hydrogen) atoms. The average Bonchev–Trinajstić information content (AvgIpc) is 2.38. The zero-order valence-corrected chi connectivity index (χ0v) is 9.25. The predicted molar refractivity (Wildman–Crippen MR) is 64.9 cm³/mol. The first-order valence-corrected chi connectivity index (χ1v) is 5.02. The second-order valence-corrected chi connectivity index (χ2v) is 3.29. The van der Waals surface area contributed by atoms with Gasteiger partial charge in [0.05, 0.1) is 24.5 Å². The highest BCUT2D eigenvalue weighted by atomic mass is 16.5. The van der Waals surface area contributed by atoms with Gasteiger partial charge >= 0.3 is 6.09 Å². The highest BCUT2D eigenvalue weighted by Gasteiger charge is 1.96. The second kappa shape index (κ2) is 5.07. The Morgan fingerprint density at radius 2 is 2.18 bits per heavy atom. The van der Waals surface area contributed by atoms with Gasteiger partial charge in [-0.2, -0.15) is 5.10 Å². The van der Waals surface area contributed by atoms with Gasteiger partial charge in [-0.1, -0.05) is 24.3 Å². The van der Waals surface area contributed by atoms with Crippen LogP contribution in [0.25, 0.3) is 10.9 Å².